The second-order valence-electron chi connectivity index (χ2n) is 5.44. The second kappa shape index (κ2) is 5.43. The average molecular weight is 281 g/mol. The van der Waals surface area contributed by atoms with Crippen LogP contribution in [0.5, 0.6) is 0 Å². The van der Waals surface area contributed by atoms with E-state index >= 15 is 0 Å². The Balaban J connectivity index is 2.31. The number of hydrogen-bond acceptors (Lipinski definition) is 3. The lowest BCUT2D eigenvalue weighted by Gasteiger charge is -2.24. The van der Waals surface area contributed by atoms with Gasteiger partial charge in [-0.05, 0) is 38.2 Å². The molecule has 1 saturated heterocycles. The van der Waals surface area contributed by atoms with Gasteiger partial charge in [-0.15, -0.1) is 0 Å². The molecule has 1 aromatic carbocycles. The summed E-state index contributed by atoms with van der Waals surface area (Å²) in [4.78, 5) is 4.72. The smallest absolute Gasteiger partial charge is 0.124 e. The number of halogens is 1. The fourth-order valence-electron chi connectivity index (χ4n) is 2.80. The maximum absolute atomic E-state index is 13.3. The van der Waals surface area contributed by atoms with Crippen molar-refractivity contribution < 1.29 is 4.39 Å². The summed E-state index contributed by atoms with van der Waals surface area (Å²) in [5.41, 5.74) is 7.27. The zero-order valence-corrected chi connectivity index (χ0v) is 12.4. The van der Waals surface area contributed by atoms with Crippen molar-refractivity contribution in [1.82, 2.24) is 4.90 Å². The molecule has 0 amide bonds. The Morgan fingerprint density at radius 3 is 2.63 bits per heavy atom. The highest BCUT2D eigenvalue weighted by Gasteiger charge is 2.32. The molecule has 5 heteroatoms. The van der Waals surface area contributed by atoms with Gasteiger partial charge >= 0.3 is 0 Å². The number of benzene rings is 1. The Bertz CT molecular complexity index is 490. The van der Waals surface area contributed by atoms with Gasteiger partial charge in [-0.2, -0.15) is 0 Å². The number of nitrogens with zero attached hydrogens (tertiary/aromatic N) is 2. The van der Waals surface area contributed by atoms with Crippen molar-refractivity contribution in [2.45, 2.75) is 13.0 Å². The standard InChI is InChI=1S/C14H20FN3S/c1-9-7-18(8-13(9)17(2)3)12-5-4-10(15)6-11(12)14(16)19/h4-6,9,13H,7-8H2,1-3H3,(H2,16,19). The van der Waals surface area contributed by atoms with Crippen molar-refractivity contribution in [2.24, 2.45) is 11.7 Å². The van der Waals surface area contributed by atoms with Crippen molar-refractivity contribution in [3.05, 3.63) is 29.6 Å². The molecule has 1 heterocycles. The van der Waals surface area contributed by atoms with E-state index in [0.29, 0.717) is 17.5 Å². The zero-order valence-electron chi connectivity index (χ0n) is 11.6. The summed E-state index contributed by atoms with van der Waals surface area (Å²) in [6, 6.07) is 5.15. The molecule has 0 radical (unpaired) electrons. The lowest BCUT2D eigenvalue weighted by molar-refractivity contribution is 0.266. The van der Waals surface area contributed by atoms with Crippen LogP contribution in [0.3, 0.4) is 0 Å². The van der Waals surface area contributed by atoms with Gasteiger partial charge in [0.25, 0.3) is 0 Å². The van der Waals surface area contributed by atoms with E-state index in [1.807, 2.05) is 0 Å². The van der Waals surface area contributed by atoms with Crippen molar-refractivity contribution >= 4 is 22.9 Å². The van der Waals surface area contributed by atoms with Gasteiger partial charge < -0.3 is 15.5 Å². The Morgan fingerprint density at radius 2 is 2.11 bits per heavy atom. The molecule has 1 fully saturated rings. The molecule has 2 atom stereocenters. The number of hydrogen-bond donors (Lipinski definition) is 1. The largest absolute Gasteiger partial charge is 0.389 e. The van der Waals surface area contributed by atoms with E-state index in [1.54, 1.807) is 6.07 Å². The van der Waals surface area contributed by atoms with Crippen LogP contribution in [0.25, 0.3) is 0 Å². The first-order valence-electron chi connectivity index (χ1n) is 6.41. The van der Waals surface area contributed by atoms with Crippen LogP contribution in [0.4, 0.5) is 10.1 Å². The van der Waals surface area contributed by atoms with Crippen LogP contribution in [0.1, 0.15) is 12.5 Å². The van der Waals surface area contributed by atoms with E-state index in [2.05, 4.69) is 30.8 Å². The van der Waals surface area contributed by atoms with E-state index in [4.69, 9.17) is 18.0 Å². The Morgan fingerprint density at radius 1 is 1.42 bits per heavy atom. The Labute approximate surface area is 119 Å². The third-order valence-corrected chi connectivity index (χ3v) is 4.02. The topological polar surface area (TPSA) is 32.5 Å². The van der Waals surface area contributed by atoms with Crippen LogP contribution in [-0.4, -0.2) is 43.1 Å². The summed E-state index contributed by atoms with van der Waals surface area (Å²) < 4.78 is 13.3. The van der Waals surface area contributed by atoms with Crippen LogP contribution in [0, 0.1) is 11.7 Å². The van der Waals surface area contributed by atoms with E-state index in [9.17, 15) is 4.39 Å². The first-order valence-corrected chi connectivity index (χ1v) is 6.81. The Kier molecular flexibility index (Phi) is 4.06. The van der Waals surface area contributed by atoms with E-state index in [1.165, 1.54) is 12.1 Å². The minimum absolute atomic E-state index is 0.246. The van der Waals surface area contributed by atoms with Crippen molar-refractivity contribution in [3.63, 3.8) is 0 Å². The quantitative estimate of drug-likeness (QED) is 0.857. The lowest BCUT2D eigenvalue weighted by atomic mass is 10.1. The molecule has 3 nitrogen and oxygen atoms in total. The predicted octanol–water partition coefficient (Wildman–Crippen LogP) is 1.85. The summed E-state index contributed by atoms with van der Waals surface area (Å²) in [7, 11) is 4.17. The Hall–Kier alpha value is -1.20. The molecule has 2 unspecified atom stereocenters. The first kappa shape index (κ1) is 14.2. The van der Waals surface area contributed by atoms with Crippen LogP contribution < -0.4 is 10.6 Å². The molecule has 1 aromatic rings. The fraction of sp³-hybridized carbons (Fsp3) is 0.500. The SMILES string of the molecule is CC1CN(c2ccc(F)cc2C(N)=S)CC1N(C)C. The van der Waals surface area contributed by atoms with Crippen molar-refractivity contribution in [1.29, 1.82) is 0 Å². The average Bonchev–Trinajstić information content (AvgIpc) is 2.71. The van der Waals surface area contributed by atoms with Gasteiger partial charge in [-0.25, -0.2) is 4.39 Å². The van der Waals surface area contributed by atoms with Gasteiger partial charge in [-0.3, -0.25) is 0 Å². The number of anilines is 1. The molecule has 19 heavy (non-hydrogen) atoms. The minimum Gasteiger partial charge on any atom is -0.389 e. The minimum atomic E-state index is -0.303. The third kappa shape index (κ3) is 2.87. The summed E-state index contributed by atoms with van der Waals surface area (Å²) >= 11 is 5.03. The molecule has 0 bridgehead atoms. The van der Waals surface area contributed by atoms with E-state index in [0.717, 1.165) is 18.8 Å². The molecule has 0 spiro atoms. The van der Waals surface area contributed by atoms with Crippen LogP contribution >= 0.6 is 12.2 Å². The molecule has 1 aliphatic rings. The number of rotatable bonds is 3. The van der Waals surface area contributed by atoms with Gasteiger partial charge in [-0.1, -0.05) is 19.1 Å². The molecular formula is C14H20FN3S. The number of thiocarbonyl (C=S) groups is 1. The van der Waals surface area contributed by atoms with Crippen LogP contribution in [0.15, 0.2) is 18.2 Å². The van der Waals surface area contributed by atoms with E-state index in [-0.39, 0.29) is 10.8 Å². The van der Waals surface area contributed by atoms with Crippen molar-refractivity contribution in [3.8, 4) is 0 Å². The van der Waals surface area contributed by atoms with Gasteiger partial charge in [0.1, 0.15) is 10.8 Å². The number of nitrogens with two attached hydrogens (primary N) is 1. The van der Waals surface area contributed by atoms with Crippen LogP contribution in [0.2, 0.25) is 0 Å². The van der Waals surface area contributed by atoms with Gasteiger partial charge in [0.15, 0.2) is 0 Å². The molecule has 2 rings (SSSR count). The second-order valence-corrected chi connectivity index (χ2v) is 5.88. The summed E-state index contributed by atoms with van der Waals surface area (Å²) in [5.74, 6) is 0.252. The normalized spacial score (nSPS) is 23.1. The van der Waals surface area contributed by atoms with E-state index < -0.39 is 0 Å². The molecule has 0 aromatic heterocycles. The number of likely N-dealkylation sites (N-methyl/N-ethyl adjacent to an activating group) is 1. The maximum Gasteiger partial charge on any atom is 0.124 e. The van der Waals surface area contributed by atoms with Gasteiger partial charge in [0, 0.05) is 30.4 Å². The third-order valence-electron chi connectivity index (χ3n) is 3.80. The highest BCUT2D eigenvalue weighted by Crippen LogP contribution is 2.29. The lowest BCUT2D eigenvalue weighted by Crippen LogP contribution is -2.34. The summed E-state index contributed by atoms with van der Waals surface area (Å²) in [6.45, 7) is 4.08. The molecule has 0 aliphatic carbocycles. The monoisotopic (exact) mass is 281 g/mol. The first-order chi connectivity index (χ1) is 8.90. The molecule has 1 aliphatic heterocycles. The highest BCUT2D eigenvalue weighted by atomic mass is 32.1. The zero-order chi connectivity index (χ0) is 14.2. The fourth-order valence-corrected chi connectivity index (χ4v) is 2.96. The highest BCUT2D eigenvalue weighted by molar-refractivity contribution is 7.80. The molecule has 2 N–H and O–H groups in total. The summed E-state index contributed by atoms with van der Waals surface area (Å²) in [5, 5.41) is 0. The predicted molar refractivity (Wildman–Crippen MR) is 81.1 cm³/mol. The molecule has 0 saturated carbocycles. The van der Waals surface area contributed by atoms with Crippen molar-refractivity contribution in [2.75, 3.05) is 32.1 Å². The summed E-state index contributed by atoms with van der Waals surface area (Å²) in [6.07, 6.45) is 0. The van der Waals surface area contributed by atoms with Gasteiger partial charge in [0.2, 0.25) is 0 Å². The molecule has 104 valence electrons. The maximum atomic E-state index is 13.3. The van der Waals surface area contributed by atoms with Crippen LogP contribution in [-0.2, 0) is 0 Å². The molecular weight excluding hydrogens is 261 g/mol. The van der Waals surface area contributed by atoms with Gasteiger partial charge in [0.05, 0.1) is 0 Å².